The van der Waals surface area contributed by atoms with E-state index in [-0.39, 0.29) is 16.9 Å². The van der Waals surface area contributed by atoms with Crippen LogP contribution in [-0.2, 0) is 4.74 Å². The standard InChI is InChI=1S/C18H17BrFNO3/c19-13-2-1-3-14(20)17(13)18(23)12-9-15(21-10-12)16(22)8-11-4-6-24-7-5-11/h1-3,9-11,21H,4-8H2. The second kappa shape index (κ2) is 7.40. The summed E-state index contributed by atoms with van der Waals surface area (Å²) in [6.45, 7) is 1.38. The summed E-state index contributed by atoms with van der Waals surface area (Å²) in [5.41, 5.74) is 0.633. The van der Waals surface area contributed by atoms with Gasteiger partial charge in [-0.15, -0.1) is 0 Å². The fourth-order valence-corrected chi connectivity index (χ4v) is 3.39. The normalized spacial score (nSPS) is 15.4. The first-order valence-corrected chi connectivity index (χ1v) is 8.63. The van der Waals surface area contributed by atoms with Crippen LogP contribution in [0.2, 0.25) is 0 Å². The summed E-state index contributed by atoms with van der Waals surface area (Å²) in [4.78, 5) is 27.7. The molecule has 2 heterocycles. The molecule has 0 spiro atoms. The third kappa shape index (κ3) is 3.65. The van der Waals surface area contributed by atoms with Crippen LogP contribution in [0.1, 0.15) is 45.7 Å². The molecular formula is C18H17BrFNO3. The molecule has 1 saturated heterocycles. The van der Waals surface area contributed by atoms with Crippen molar-refractivity contribution >= 4 is 27.5 Å². The summed E-state index contributed by atoms with van der Waals surface area (Å²) in [7, 11) is 0. The van der Waals surface area contributed by atoms with Crippen LogP contribution in [0, 0.1) is 11.7 Å². The van der Waals surface area contributed by atoms with Gasteiger partial charge < -0.3 is 9.72 Å². The number of aromatic nitrogens is 1. The number of H-pyrrole nitrogens is 1. The van der Waals surface area contributed by atoms with E-state index in [4.69, 9.17) is 4.74 Å². The third-order valence-corrected chi connectivity index (χ3v) is 4.91. The summed E-state index contributed by atoms with van der Waals surface area (Å²) in [6, 6.07) is 5.88. The molecule has 4 nitrogen and oxygen atoms in total. The number of ether oxygens (including phenoxy) is 1. The van der Waals surface area contributed by atoms with Crippen molar-refractivity contribution in [2.45, 2.75) is 19.3 Å². The lowest BCUT2D eigenvalue weighted by Gasteiger charge is -2.20. The van der Waals surface area contributed by atoms with Gasteiger partial charge in [0.2, 0.25) is 0 Å². The Bertz CT molecular complexity index is 745. The van der Waals surface area contributed by atoms with Crippen LogP contribution in [0.3, 0.4) is 0 Å². The van der Waals surface area contributed by atoms with Crippen molar-refractivity contribution in [2.75, 3.05) is 13.2 Å². The van der Waals surface area contributed by atoms with Gasteiger partial charge in [0.15, 0.2) is 11.6 Å². The Morgan fingerprint density at radius 1 is 1.29 bits per heavy atom. The summed E-state index contributed by atoms with van der Waals surface area (Å²) in [5.74, 6) is -0.769. The summed E-state index contributed by atoms with van der Waals surface area (Å²) < 4.78 is 19.6. The Kier molecular flexibility index (Phi) is 5.26. The zero-order chi connectivity index (χ0) is 17.1. The van der Waals surface area contributed by atoms with Crippen molar-refractivity contribution in [1.82, 2.24) is 4.98 Å². The summed E-state index contributed by atoms with van der Waals surface area (Å²) in [5, 5.41) is 0. The molecule has 2 aromatic rings. The molecule has 1 aromatic carbocycles. The minimum atomic E-state index is -0.592. The lowest BCUT2D eigenvalue weighted by atomic mass is 9.93. The average molecular weight is 394 g/mol. The fraction of sp³-hybridized carbons (Fsp3) is 0.333. The predicted octanol–water partition coefficient (Wildman–Crippen LogP) is 4.15. The van der Waals surface area contributed by atoms with E-state index in [0.717, 1.165) is 12.8 Å². The van der Waals surface area contributed by atoms with E-state index >= 15 is 0 Å². The van der Waals surface area contributed by atoms with Crippen molar-refractivity contribution in [3.8, 4) is 0 Å². The van der Waals surface area contributed by atoms with E-state index in [9.17, 15) is 14.0 Å². The molecular weight excluding hydrogens is 377 g/mol. The highest BCUT2D eigenvalue weighted by Gasteiger charge is 2.22. The largest absolute Gasteiger partial charge is 0.381 e. The van der Waals surface area contributed by atoms with Crippen LogP contribution in [0.5, 0.6) is 0 Å². The highest BCUT2D eigenvalue weighted by Crippen LogP contribution is 2.24. The van der Waals surface area contributed by atoms with Crippen LogP contribution < -0.4 is 0 Å². The number of carbonyl (C=O) groups excluding carboxylic acids is 2. The van der Waals surface area contributed by atoms with Gasteiger partial charge in [0.05, 0.1) is 11.3 Å². The topological polar surface area (TPSA) is 59.2 Å². The Morgan fingerprint density at radius 2 is 2.04 bits per heavy atom. The van der Waals surface area contributed by atoms with Crippen molar-refractivity contribution < 1.29 is 18.7 Å². The number of nitrogens with one attached hydrogen (secondary N) is 1. The molecule has 0 saturated carbocycles. The van der Waals surface area contributed by atoms with Crippen LogP contribution in [0.4, 0.5) is 4.39 Å². The molecule has 0 aliphatic carbocycles. The molecule has 0 unspecified atom stereocenters. The second-order valence-electron chi connectivity index (χ2n) is 5.91. The first-order chi connectivity index (χ1) is 11.6. The molecule has 24 heavy (non-hydrogen) atoms. The molecule has 1 aromatic heterocycles. The Morgan fingerprint density at radius 3 is 2.75 bits per heavy atom. The van der Waals surface area contributed by atoms with Crippen LogP contribution >= 0.6 is 15.9 Å². The molecule has 0 amide bonds. The number of Topliss-reactive ketones (excluding diaryl/α,β-unsaturated/α-hetero) is 1. The smallest absolute Gasteiger partial charge is 0.198 e. The van der Waals surface area contributed by atoms with E-state index in [1.807, 2.05) is 0 Å². The molecule has 0 radical (unpaired) electrons. The van der Waals surface area contributed by atoms with Crippen LogP contribution in [0.15, 0.2) is 34.9 Å². The van der Waals surface area contributed by atoms with E-state index in [0.29, 0.717) is 35.7 Å². The number of hydrogen-bond donors (Lipinski definition) is 1. The van der Waals surface area contributed by atoms with Gasteiger partial charge in [-0.1, -0.05) is 6.07 Å². The lowest BCUT2D eigenvalue weighted by molar-refractivity contribution is 0.0599. The fourth-order valence-electron chi connectivity index (χ4n) is 2.87. The molecule has 0 bridgehead atoms. The van der Waals surface area contributed by atoms with Crippen molar-refractivity contribution in [2.24, 2.45) is 5.92 Å². The zero-order valence-electron chi connectivity index (χ0n) is 13.0. The Balaban J connectivity index is 1.75. The minimum absolute atomic E-state index is 0.0278. The SMILES string of the molecule is O=C(CC1CCOCC1)c1cc(C(=O)c2c(F)cccc2Br)c[nH]1. The molecule has 1 aliphatic rings. The molecule has 1 N–H and O–H groups in total. The van der Waals surface area contributed by atoms with Crippen LogP contribution in [-0.4, -0.2) is 29.8 Å². The summed E-state index contributed by atoms with van der Waals surface area (Å²) >= 11 is 3.20. The number of benzene rings is 1. The number of halogens is 2. The predicted molar refractivity (Wildman–Crippen MR) is 90.8 cm³/mol. The third-order valence-electron chi connectivity index (χ3n) is 4.25. The number of hydrogen-bond acceptors (Lipinski definition) is 3. The van der Waals surface area contributed by atoms with Crippen molar-refractivity contribution in [3.05, 3.63) is 57.6 Å². The molecule has 6 heteroatoms. The highest BCUT2D eigenvalue weighted by molar-refractivity contribution is 9.10. The molecule has 3 rings (SSSR count). The first-order valence-electron chi connectivity index (χ1n) is 7.84. The van der Waals surface area contributed by atoms with Gasteiger partial charge in [-0.3, -0.25) is 9.59 Å². The zero-order valence-corrected chi connectivity index (χ0v) is 14.6. The number of carbonyl (C=O) groups is 2. The monoisotopic (exact) mass is 393 g/mol. The van der Waals surface area contributed by atoms with E-state index in [2.05, 4.69) is 20.9 Å². The van der Waals surface area contributed by atoms with Gasteiger partial charge in [-0.05, 0) is 52.9 Å². The average Bonchev–Trinajstić information content (AvgIpc) is 3.05. The number of rotatable bonds is 5. The van der Waals surface area contributed by atoms with Crippen molar-refractivity contribution in [3.63, 3.8) is 0 Å². The van der Waals surface area contributed by atoms with E-state index < -0.39 is 11.6 Å². The Labute approximate surface area is 147 Å². The van der Waals surface area contributed by atoms with Gasteiger partial charge in [0.1, 0.15) is 5.82 Å². The van der Waals surface area contributed by atoms with E-state index in [1.165, 1.54) is 24.4 Å². The van der Waals surface area contributed by atoms with Gasteiger partial charge in [0.25, 0.3) is 0 Å². The van der Waals surface area contributed by atoms with Crippen molar-refractivity contribution in [1.29, 1.82) is 0 Å². The van der Waals surface area contributed by atoms with Gasteiger partial charge >= 0.3 is 0 Å². The van der Waals surface area contributed by atoms with Gasteiger partial charge in [-0.25, -0.2) is 4.39 Å². The maximum absolute atomic E-state index is 13.9. The molecule has 1 fully saturated rings. The molecule has 126 valence electrons. The highest BCUT2D eigenvalue weighted by atomic mass is 79.9. The van der Waals surface area contributed by atoms with Gasteiger partial charge in [0, 0.05) is 35.9 Å². The second-order valence-corrected chi connectivity index (χ2v) is 6.77. The molecule has 0 atom stereocenters. The number of ketones is 2. The minimum Gasteiger partial charge on any atom is -0.381 e. The first kappa shape index (κ1) is 17.0. The summed E-state index contributed by atoms with van der Waals surface area (Å²) in [6.07, 6.45) is 3.64. The number of aromatic amines is 1. The quantitative estimate of drug-likeness (QED) is 0.776. The lowest BCUT2D eigenvalue weighted by Crippen LogP contribution is -2.18. The van der Waals surface area contributed by atoms with Gasteiger partial charge in [-0.2, -0.15) is 0 Å². The molecule has 1 aliphatic heterocycles. The Hall–Kier alpha value is -1.79. The van der Waals surface area contributed by atoms with E-state index in [1.54, 1.807) is 6.07 Å². The maximum Gasteiger partial charge on any atom is 0.198 e. The van der Waals surface area contributed by atoms with Crippen LogP contribution in [0.25, 0.3) is 0 Å². The maximum atomic E-state index is 13.9.